The van der Waals surface area contributed by atoms with Crippen molar-refractivity contribution in [2.24, 2.45) is 0 Å². The zero-order chi connectivity index (χ0) is 24.2. The Labute approximate surface area is 212 Å². The summed E-state index contributed by atoms with van der Waals surface area (Å²) in [7, 11) is 0. The van der Waals surface area contributed by atoms with E-state index in [9.17, 15) is 0 Å². The fourth-order valence-corrected chi connectivity index (χ4v) is 6.41. The van der Waals surface area contributed by atoms with E-state index in [4.69, 9.17) is 19.8 Å². The van der Waals surface area contributed by atoms with Gasteiger partial charge in [0.15, 0.2) is 5.65 Å². The van der Waals surface area contributed by atoms with Crippen molar-refractivity contribution in [1.29, 1.82) is 0 Å². The summed E-state index contributed by atoms with van der Waals surface area (Å²) < 4.78 is 7.79. The van der Waals surface area contributed by atoms with Gasteiger partial charge in [0, 0.05) is 42.7 Å². The molecule has 0 radical (unpaired) electrons. The van der Waals surface area contributed by atoms with Gasteiger partial charge in [0.2, 0.25) is 0 Å². The minimum atomic E-state index is 0.191. The Balaban J connectivity index is 1.34. The molecule has 3 aromatic heterocycles. The summed E-state index contributed by atoms with van der Waals surface area (Å²) in [6.45, 7) is 8.75. The molecule has 1 saturated carbocycles. The number of hydrogen-bond donors (Lipinski definition) is 0. The standard InChI is InChI=1S/C28H35N7O/c1-18-6-5-7-21-25(18)27(30-17-29-21)34-11-4-3-8-23(34)22-16-24-31-26(20-9-10-20)19(2)28(35(24)32-22)33-12-14-36-15-13-33/h6,16-17,20,23H,3-5,7-15H2,1-2H3. The van der Waals surface area contributed by atoms with Crippen LogP contribution in [0.3, 0.4) is 0 Å². The Hall–Kier alpha value is -3.00. The number of nitrogens with zero attached hydrogens (tertiary/aromatic N) is 7. The summed E-state index contributed by atoms with van der Waals surface area (Å²) in [6.07, 6.45) is 12.1. The van der Waals surface area contributed by atoms with Gasteiger partial charge < -0.3 is 14.5 Å². The molecule has 36 heavy (non-hydrogen) atoms. The molecule has 1 atom stereocenters. The second-order valence-electron chi connectivity index (χ2n) is 10.8. The van der Waals surface area contributed by atoms with Crippen LogP contribution >= 0.6 is 0 Å². The van der Waals surface area contributed by atoms with Crippen molar-refractivity contribution in [3.63, 3.8) is 0 Å². The van der Waals surface area contributed by atoms with Gasteiger partial charge in [0.25, 0.3) is 0 Å². The van der Waals surface area contributed by atoms with E-state index < -0.39 is 0 Å². The Morgan fingerprint density at radius 1 is 1.00 bits per heavy atom. The van der Waals surface area contributed by atoms with Crippen LogP contribution in [0.5, 0.6) is 0 Å². The van der Waals surface area contributed by atoms with Gasteiger partial charge in [0.1, 0.15) is 18.0 Å². The third kappa shape index (κ3) is 3.69. The molecule has 3 aromatic rings. The van der Waals surface area contributed by atoms with Crippen LogP contribution in [0.4, 0.5) is 11.6 Å². The summed E-state index contributed by atoms with van der Waals surface area (Å²) >= 11 is 0. The molecule has 3 fully saturated rings. The van der Waals surface area contributed by atoms with Gasteiger partial charge >= 0.3 is 0 Å². The molecule has 5 heterocycles. The van der Waals surface area contributed by atoms with E-state index in [1.807, 2.05) is 0 Å². The van der Waals surface area contributed by atoms with E-state index in [0.29, 0.717) is 5.92 Å². The average Bonchev–Trinajstić information content (AvgIpc) is 3.67. The van der Waals surface area contributed by atoms with Crippen molar-refractivity contribution in [3.8, 4) is 0 Å². The number of anilines is 2. The quantitative estimate of drug-likeness (QED) is 0.534. The van der Waals surface area contributed by atoms with Crippen LogP contribution in [0.1, 0.15) is 85.6 Å². The molecule has 0 bridgehead atoms. The largest absolute Gasteiger partial charge is 0.378 e. The molecule has 0 N–H and O–H groups in total. The van der Waals surface area contributed by atoms with E-state index >= 15 is 0 Å². The molecule has 2 saturated heterocycles. The number of aromatic nitrogens is 5. The van der Waals surface area contributed by atoms with Crippen LogP contribution in [-0.2, 0) is 11.2 Å². The average molecular weight is 486 g/mol. The van der Waals surface area contributed by atoms with E-state index in [1.165, 1.54) is 59.6 Å². The number of ether oxygens (including phenoxy) is 1. The smallest absolute Gasteiger partial charge is 0.157 e. The molecule has 8 heteroatoms. The van der Waals surface area contributed by atoms with Crippen molar-refractivity contribution >= 4 is 22.9 Å². The number of aryl methyl sites for hydroxylation is 1. The Bertz CT molecular complexity index is 1340. The summed E-state index contributed by atoms with van der Waals surface area (Å²) in [5.74, 6) is 2.88. The highest BCUT2D eigenvalue weighted by Crippen LogP contribution is 2.44. The molecule has 2 aliphatic heterocycles. The third-order valence-electron chi connectivity index (χ3n) is 8.39. The molecule has 2 aliphatic carbocycles. The van der Waals surface area contributed by atoms with Crippen molar-refractivity contribution in [2.45, 2.75) is 70.8 Å². The zero-order valence-electron chi connectivity index (χ0n) is 21.4. The number of fused-ring (bicyclic) bond motifs is 2. The molecule has 0 amide bonds. The summed E-state index contributed by atoms with van der Waals surface area (Å²) in [5.41, 5.74) is 8.35. The SMILES string of the molecule is CC1=CCCc2ncnc(N3CCCCC3c3cc4nc(C5CC5)c(C)c(N5CCOCC5)n4n3)c21. The van der Waals surface area contributed by atoms with E-state index in [-0.39, 0.29) is 6.04 Å². The van der Waals surface area contributed by atoms with Crippen LogP contribution in [0.2, 0.25) is 0 Å². The van der Waals surface area contributed by atoms with Crippen LogP contribution in [0.15, 0.2) is 18.5 Å². The van der Waals surface area contributed by atoms with E-state index in [1.54, 1.807) is 6.33 Å². The number of allylic oxidation sites excluding steroid dienone is 2. The first kappa shape index (κ1) is 22.2. The lowest BCUT2D eigenvalue weighted by Crippen LogP contribution is -2.38. The highest BCUT2D eigenvalue weighted by atomic mass is 16.5. The fraction of sp³-hybridized carbons (Fsp3) is 0.571. The first-order valence-electron chi connectivity index (χ1n) is 13.7. The highest BCUT2D eigenvalue weighted by Gasteiger charge is 2.34. The predicted octanol–water partition coefficient (Wildman–Crippen LogP) is 4.62. The third-order valence-corrected chi connectivity index (χ3v) is 8.39. The van der Waals surface area contributed by atoms with Crippen molar-refractivity contribution in [1.82, 2.24) is 24.6 Å². The van der Waals surface area contributed by atoms with Crippen LogP contribution in [0, 0.1) is 6.92 Å². The number of piperidine rings is 1. The summed E-state index contributed by atoms with van der Waals surface area (Å²) in [5, 5.41) is 5.27. The molecule has 0 spiro atoms. The lowest BCUT2D eigenvalue weighted by molar-refractivity contribution is 0.122. The van der Waals surface area contributed by atoms with Crippen molar-refractivity contribution in [2.75, 3.05) is 42.6 Å². The normalized spacial score (nSPS) is 22.6. The Morgan fingerprint density at radius 3 is 2.69 bits per heavy atom. The predicted molar refractivity (Wildman–Crippen MR) is 141 cm³/mol. The molecular formula is C28H35N7O. The molecular weight excluding hydrogens is 450 g/mol. The lowest BCUT2D eigenvalue weighted by atomic mass is 9.93. The minimum absolute atomic E-state index is 0.191. The number of rotatable bonds is 4. The highest BCUT2D eigenvalue weighted by molar-refractivity contribution is 5.76. The zero-order valence-corrected chi connectivity index (χ0v) is 21.4. The van der Waals surface area contributed by atoms with Gasteiger partial charge in [-0.3, -0.25) is 0 Å². The second-order valence-corrected chi connectivity index (χ2v) is 10.8. The van der Waals surface area contributed by atoms with Crippen molar-refractivity contribution in [3.05, 3.63) is 46.7 Å². The van der Waals surface area contributed by atoms with Crippen LogP contribution in [-0.4, -0.2) is 57.4 Å². The topological polar surface area (TPSA) is 71.7 Å². The van der Waals surface area contributed by atoms with Gasteiger partial charge in [-0.15, -0.1) is 0 Å². The maximum absolute atomic E-state index is 5.67. The lowest BCUT2D eigenvalue weighted by Gasteiger charge is -2.37. The molecule has 188 valence electrons. The maximum atomic E-state index is 5.67. The van der Waals surface area contributed by atoms with Gasteiger partial charge in [-0.2, -0.15) is 9.61 Å². The summed E-state index contributed by atoms with van der Waals surface area (Å²) in [6, 6.07) is 2.44. The van der Waals surface area contributed by atoms with Crippen molar-refractivity contribution < 1.29 is 4.74 Å². The van der Waals surface area contributed by atoms with Gasteiger partial charge in [-0.05, 0) is 64.4 Å². The first-order valence-corrected chi connectivity index (χ1v) is 13.7. The van der Waals surface area contributed by atoms with E-state index in [2.05, 4.69) is 45.3 Å². The fourth-order valence-electron chi connectivity index (χ4n) is 6.41. The Morgan fingerprint density at radius 2 is 1.86 bits per heavy atom. The van der Waals surface area contributed by atoms with Crippen LogP contribution in [0.25, 0.3) is 11.2 Å². The molecule has 0 aromatic carbocycles. The monoisotopic (exact) mass is 485 g/mol. The van der Waals surface area contributed by atoms with Crippen LogP contribution < -0.4 is 9.80 Å². The number of morpholine rings is 1. The Kier molecular flexibility index (Phi) is 5.45. The maximum Gasteiger partial charge on any atom is 0.157 e. The molecule has 1 unspecified atom stereocenters. The van der Waals surface area contributed by atoms with Gasteiger partial charge in [0.05, 0.1) is 36.3 Å². The molecule has 8 nitrogen and oxygen atoms in total. The number of hydrogen-bond acceptors (Lipinski definition) is 7. The van der Waals surface area contributed by atoms with Gasteiger partial charge in [-0.1, -0.05) is 6.08 Å². The molecule has 4 aliphatic rings. The minimum Gasteiger partial charge on any atom is -0.378 e. The molecule has 7 rings (SSSR count). The second kappa shape index (κ2) is 8.83. The van der Waals surface area contributed by atoms with Gasteiger partial charge in [-0.25, -0.2) is 15.0 Å². The van der Waals surface area contributed by atoms with E-state index in [0.717, 1.165) is 69.3 Å². The first-order chi connectivity index (χ1) is 17.7. The summed E-state index contributed by atoms with van der Waals surface area (Å²) in [4.78, 5) is 19.6.